The highest BCUT2D eigenvalue weighted by Crippen LogP contribution is 2.34. The van der Waals surface area contributed by atoms with E-state index >= 15 is 0 Å². The number of benzene rings is 1. The SMILES string of the molecule is CCNC(c1cccc(Cl)c1C)C(C)c1ccncc1. The van der Waals surface area contributed by atoms with Crippen LogP contribution in [0.3, 0.4) is 0 Å². The van der Waals surface area contributed by atoms with E-state index < -0.39 is 0 Å². The highest BCUT2D eigenvalue weighted by Gasteiger charge is 2.22. The van der Waals surface area contributed by atoms with Crippen molar-refractivity contribution in [3.05, 3.63) is 64.4 Å². The molecule has 0 saturated carbocycles. The molecule has 2 aromatic rings. The number of aromatic nitrogens is 1. The minimum absolute atomic E-state index is 0.251. The summed E-state index contributed by atoms with van der Waals surface area (Å²) in [4.78, 5) is 4.10. The van der Waals surface area contributed by atoms with E-state index in [1.807, 2.05) is 24.5 Å². The molecule has 0 aliphatic rings. The fourth-order valence-corrected chi connectivity index (χ4v) is 2.78. The molecule has 1 N–H and O–H groups in total. The Morgan fingerprint density at radius 2 is 1.90 bits per heavy atom. The largest absolute Gasteiger partial charge is 0.310 e. The van der Waals surface area contributed by atoms with Crippen molar-refractivity contribution in [3.63, 3.8) is 0 Å². The number of nitrogens with one attached hydrogen (secondary N) is 1. The predicted molar refractivity (Wildman–Crippen MR) is 85.3 cm³/mol. The third-order valence-electron chi connectivity index (χ3n) is 3.80. The number of likely N-dealkylation sites (N-methyl/N-ethyl adjacent to an activating group) is 1. The molecule has 2 nitrogen and oxygen atoms in total. The van der Waals surface area contributed by atoms with Gasteiger partial charge in [0.1, 0.15) is 0 Å². The van der Waals surface area contributed by atoms with Crippen LogP contribution in [0.4, 0.5) is 0 Å². The van der Waals surface area contributed by atoms with Gasteiger partial charge in [-0.05, 0) is 48.4 Å². The Morgan fingerprint density at radius 1 is 1.20 bits per heavy atom. The number of nitrogens with zero attached hydrogens (tertiary/aromatic N) is 1. The summed E-state index contributed by atoms with van der Waals surface area (Å²) < 4.78 is 0. The van der Waals surface area contributed by atoms with Crippen LogP contribution in [-0.4, -0.2) is 11.5 Å². The number of halogens is 1. The van der Waals surface area contributed by atoms with Crippen molar-refractivity contribution in [1.29, 1.82) is 0 Å². The third-order valence-corrected chi connectivity index (χ3v) is 4.21. The number of rotatable bonds is 5. The summed E-state index contributed by atoms with van der Waals surface area (Å²) in [6.45, 7) is 7.38. The van der Waals surface area contributed by atoms with E-state index in [2.05, 4.69) is 49.3 Å². The summed E-state index contributed by atoms with van der Waals surface area (Å²) in [5, 5.41) is 4.41. The van der Waals surface area contributed by atoms with Crippen LogP contribution in [0.2, 0.25) is 5.02 Å². The topological polar surface area (TPSA) is 24.9 Å². The summed E-state index contributed by atoms with van der Waals surface area (Å²) >= 11 is 6.27. The Labute approximate surface area is 126 Å². The lowest BCUT2D eigenvalue weighted by atomic mass is 9.87. The van der Waals surface area contributed by atoms with Crippen molar-refractivity contribution in [2.45, 2.75) is 32.7 Å². The van der Waals surface area contributed by atoms with Gasteiger partial charge in [-0.25, -0.2) is 0 Å². The maximum absolute atomic E-state index is 6.27. The minimum Gasteiger partial charge on any atom is -0.310 e. The molecule has 0 saturated heterocycles. The molecule has 0 radical (unpaired) electrons. The Morgan fingerprint density at radius 3 is 2.55 bits per heavy atom. The second-order valence-corrected chi connectivity index (χ2v) is 5.47. The van der Waals surface area contributed by atoms with Crippen molar-refractivity contribution in [2.24, 2.45) is 0 Å². The number of hydrogen-bond acceptors (Lipinski definition) is 2. The van der Waals surface area contributed by atoms with E-state index in [4.69, 9.17) is 11.6 Å². The molecule has 0 fully saturated rings. The minimum atomic E-state index is 0.251. The quantitative estimate of drug-likeness (QED) is 0.876. The van der Waals surface area contributed by atoms with E-state index in [0.29, 0.717) is 5.92 Å². The second-order valence-electron chi connectivity index (χ2n) is 5.06. The van der Waals surface area contributed by atoms with E-state index in [9.17, 15) is 0 Å². The van der Waals surface area contributed by atoms with Gasteiger partial charge in [0.2, 0.25) is 0 Å². The van der Waals surface area contributed by atoms with Crippen LogP contribution in [0.5, 0.6) is 0 Å². The average Bonchev–Trinajstić information content (AvgIpc) is 2.48. The standard InChI is InChI=1S/C17H21ClN2/c1-4-20-17(12(2)14-8-10-19-11-9-14)15-6-5-7-16(18)13(15)3/h5-12,17,20H,4H2,1-3H3. The van der Waals surface area contributed by atoms with Crippen LogP contribution in [0.15, 0.2) is 42.7 Å². The lowest BCUT2D eigenvalue weighted by Gasteiger charge is -2.27. The van der Waals surface area contributed by atoms with Crippen molar-refractivity contribution in [1.82, 2.24) is 10.3 Å². The zero-order valence-corrected chi connectivity index (χ0v) is 13.0. The van der Waals surface area contributed by atoms with Gasteiger partial charge in [-0.1, -0.05) is 37.6 Å². The monoisotopic (exact) mass is 288 g/mol. The Hall–Kier alpha value is -1.38. The number of pyridine rings is 1. The van der Waals surface area contributed by atoms with Crippen molar-refractivity contribution < 1.29 is 0 Å². The Bertz CT molecular complexity index is 554. The smallest absolute Gasteiger partial charge is 0.0438 e. The van der Waals surface area contributed by atoms with Gasteiger partial charge in [0.05, 0.1) is 0 Å². The Balaban J connectivity index is 2.38. The maximum Gasteiger partial charge on any atom is 0.0438 e. The maximum atomic E-state index is 6.27. The van der Waals surface area contributed by atoms with Crippen molar-refractivity contribution in [3.8, 4) is 0 Å². The first-order valence-electron chi connectivity index (χ1n) is 7.03. The lowest BCUT2D eigenvalue weighted by molar-refractivity contribution is 0.477. The molecule has 0 aliphatic carbocycles. The second kappa shape index (κ2) is 6.87. The fourth-order valence-electron chi connectivity index (χ4n) is 2.60. The first-order chi connectivity index (χ1) is 9.65. The van der Waals surface area contributed by atoms with E-state index in [-0.39, 0.29) is 6.04 Å². The lowest BCUT2D eigenvalue weighted by Crippen LogP contribution is -2.26. The molecular formula is C17H21ClN2. The molecule has 20 heavy (non-hydrogen) atoms. The molecule has 3 heteroatoms. The molecule has 0 bridgehead atoms. The third kappa shape index (κ3) is 3.20. The van der Waals surface area contributed by atoms with Crippen LogP contribution in [0, 0.1) is 6.92 Å². The van der Waals surface area contributed by atoms with Gasteiger partial charge < -0.3 is 5.32 Å². The van der Waals surface area contributed by atoms with Gasteiger partial charge in [0.15, 0.2) is 0 Å². The summed E-state index contributed by atoms with van der Waals surface area (Å²) in [5.41, 5.74) is 3.70. The van der Waals surface area contributed by atoms with Gasteiger partial charge >= 0.3 is 0 Å². The highest BCUT2D eigenvalue weighted by molar-refractivity contribution is 6.31. The molecule has 0 aliphatic heterocycles. The summed E-state index contributed by atoms with van der Waals surface area (Å²) in [5.74, 6) is 0.357. The van der Waals surface area contributed by atoms with E-state index in [1.54, 1.807) is 0 Å². The molecule has 1 aromatic carbocycles. The first-order valence-corrected chi connectivity index (χ1v) is 7.41. The molecular weight excluding hydrogens is 268 g/mol. The molecule has 2 atom stereocenters. The van der Waals surface area contributed by atoms with Gasteiger partial charge in [0.25, 0.3) is 0 Å². The van der Waals surface area contributed by atoms with Crippen molar-refractivity contribution >= 4 is 11.6 Å². The Kier molecular flexibility index (Phi) is 5.16. The average molecular weight is 289 g/mol. The highest BCUT2D eigenvalue weighted by atomic mass is 35.5. The van der Waals surface area contributed by atoms with Gasteiger partial charge in [-0.2, -0.15) is 0 Å². The summed E-state index contributed by atoms with van der Waals surface area (Å²) in [6, 6.07) is 10.5. The normalized spacial score (nSPS) is 14.0. The molecule has 0 amide bonds. The predicted octanol–water partition coefficient (Wildman–Crippen LogP) is 4.50. The van der Waals surface area contributed by atoms with Crippen LogP contribution >= 0.6 is 11.6 Å². The van der Waals surface area contributed by atoms with Crippen molar-refractivity contribution in [2.75, 3.05) is 6.54 Å². The molecule has 1 heterocycles. The zero-order chi connectivity index (χ0) is 14.5. The zero-order valence-electron chi connectivity index (χ0n) is 12.2. The van der Waals surface area contributed by atoms with Gasteiger partial charge in [-0.3, -0.25) is 4.98 Å². The molecule has 0 spiro atoms. The summed E-state index contributed by atoms with van der Waals surface area (Å²) in [6.07, 6.45) is 3.69. The van der Waals surface area contributed by atoms with Crippen LogP contribution in [0.1, 0.15) is 42.5 Å². The van der Waals surface area contributed by atoms with Gasteiger partial charge in [-0.15, -0.1) is 0 Å². The van der Waals surface area contributed by atoms with Gasteiger partial charge in [0, 0.05) is 29.4 Å². The van der Waals surface area contributed by atoms with Crippen LogP contribution < -0.4 is 5.32 Å². The molecule has 106 valence electrons. The fraction of sp³-hybridized carbons (Fsp3) is 0.353. The van der Waals surface area contributed by atoms with E-state index in [1.165, 1.54) is 11.1 Å². The molecule has 1 aromatic heterocycles. The molecule has 2 rings (SSSR count). The molecule has 2 unspecified atom stereocenters. The van der Waals surface area contributed by atoms with Crippen LogP contribution in [-0.2, 0) is 0 Å². The van der Waals surface area contributed by atoms with Crippen LogP contribution in [0.25, 0.3) is 0 Å². The summed E-state index contributed by atoms with van der Waals surface area (Å²) in [7, 11) is 0. The van der Waals surface area contributed by atoms with E-state index in [0.717, 1.165) is 17.1 Å². The number of hydrogen-bond donors (Lipinski definition) is 1. The first kappa shape index (κ1) is 15.0.